The topological polar surface area (TPSA) is 21.7 Å². The first-order valence-corrected chi connectivity index (χ1v) is 8.95. The second-order valence-electron chi connectivity index (χ2n) is 6.45. The van der Waals surface area contributed by atoms with E-state index in [2.05, 4.69) is 52.6 Å². The standard InChI is InChI=1S/C19H14N3.Al.Bk.2H/c1-12-5-3-6-13-8-9-14-11-16-20-15-7-4-10-21(2)19(15)22(16)18(14)17(12)13;;;;/h3-4,6-9H,11H2,1-2H3;;;;. The summed E-state index contributed by atoms with van der Waals surface area (Å²) in [6.07, 6.45) is 4.17. The molecule has 3 nitrogen and oxygen atoms in total. The van der Waals surface area contributed by atoms with Crippen molar-refractivity contribution in [2.24, 2.45) is 7.05 Å². The van der Waals surface area contributed by atoms with Gasteiger partial charge in [-0.1, -0.05) is 29.8 Å². The van der Waals surface area contributed by atoms with E-state index < -0.39 is 0 Å². The van der Waals surface area contributed by atoms with Crippen LogP contribution in [0.25, 0.3) is 27.6 Å². The molecule has 1 aliphatic rings. The predicted molar refractivity (Wildman–Crippen MR) is 94.3 cm³/mol. The second kappa shape index (κ2) is 4.67. The van der Waals surface area contributed by atoms with Gasteiger partial charge in [-0.3, -0.25) is 0 Å². The summed E-state index contributed by atoms with van der Waals surface area (Å²) in [7, 11) is 2.05. The van der Waals surface area contributed by atoms with Crippen molar-refractivity contribution in [1.82, 2.24) is 9.55 Å². The molecule has 0 bridgehead atoms. The molecule has 119 valence electrons. The molecule has 1 aliphatic heterocycles. The van der Waals surface area contributed by atoms with Gasteiger partial charge in [-0.05, 0) is 12.3 Å². The largest absolute Gasteiger partial charge is 0.342 e. The minimum Gasteiger partial charge on any atom is -0.342 e. The third kappa shape index (κ3) is 1.62. The molecule has 2 aromatic carbocycles. The van der Waals surface area contributed by atoms with Gasteiger partial charge in [0.1, 0.15) is 5.69 Å². The van der Waals surface area contributed by atoms with Crippen molar-refractivity contribution >= 4 is 42.7 Å². The van der Waals surface area contributed by atoms with Crippen molar-refractivity contribution in [2.75, 3.05) is 0 Å². The molecule has 24 heavy (non-hydrogen) atoms. The molecule has 0 spiro atoms. The molecule has 3 heterocycles. The first-order chi connectivity index (χ1) is 11.1. The Kier molecular flexibility index (Phi) is 2.81. The number of rotatable bonds is 0. The Labute approximate surface area is 142 Å². The van der Waals surface area contributed by atoms with Gasteiger partial charge in [0.2, 0.25) is 5.65 Å². The summed E-state index contributed by atoms with van der Waals surface area (Å²) >= 11 is 1.07. The number of pyridine rings is 1. The smallest absolute Gasteiger partial charge is 0.259 e. The fraction of sp³-hybridized carbons (Fsp3) is 0.158. The maximum atomic E-state index is 4.86. The van der Waals surface area contributed by atoms with Crippen LogP contribution in [0.5, 0.6) is 0 Å². The Bertz CT molecular complexity index is 1130. The molecule has 0 unspecified atom stereocenters. The molecular weight excluding hydrogens is 544 g/mol. The third-order valence-electron chi connectivity index (χ3n) is 5.12. The molecule has 0 saturated heterocycles. The zero-order valence-electron chi connectivity index (χ0n) is 13.8. The number of hydrogen-bond donors (Lipinski definition) is 0. The van der Waals surface area contributed by atoms with Crippen molar-refractivity contribution in [1.29, 1.82) is 0 Å². The fourth-order valence-electron chi connectivity index (χ4n) is 3.84. The molecule has 5 rings (SSSR count). The maximum absolute atomic E-state index is 4.86. The number of benzene rings is 2. The van der Waals surface area contributed by atoms with E-state index >= 15 is 0 Å². The Hall–Kier alpha value is -3.15. The van der Waals surface area contributed by atoms with Gasteiger partial charge >= 0.3 is 0 Å². The van der Waals surface area contributed by atoms with Gasteiger partial charge in [0.25, 0.3) is 16.3 Å². The molecule has 0 fully saturated rings. The van der Waals surface area contributed by atoms with E-state index in [1.54, 1.807) is 0 Å². The van der Waals surface area contributed by atoms with Crippen LogP contribution in [0.15, 0.2) is 36.4 Å². The summed E-state index contributed by atoms with van der Waals surface area (Å²) < 4.78 is 5.87. The van der Waals surface area contributed by atoms with Crippen molar-refractivity contribution in [3.63, 3.8) is 0 Å². The summed E-state index contributed by atoms with van der Waals surface area (Å²) in [6, 6.07) is 13.0. The second-order valence-corrected chi connectivity index (χ2v) is 7.53. The zero-order chi connectivity index (χ0) is 15.7. The average molecular weight is 560 g/mol. The quantitative estimate of drug-likeness (QED) is 0.159. The van der Waals surface area contributed by atoms with Gasteiger partial charge < -0.3 is 4.57 Å². The molecule has 5 heteroatoms. The molecule has 0 saturated carbocycles. The fourth-order valence-corrected chi connectivity index (χ4v) is 4.26. The van der Waals surface area contributed by atoms with Gasteiger partial charge in [0, 0.05) is 22.7 Å². The van der Waals surface area contributed by atoms with Crippen LogP contribution in [0.3, 0.4) is 0 Å². The van der Waals surface area contributed by atoms with Gasteiger partial charge in [-0.25, -0.2) is 9.55 Å². The molecule has 2 aromatic heterocycles. The van der Waals surface area contributed by atoms with Crippen LogP contribution in [-0.2, 0) is 13.5 Å². The maximum Gasteiger partial charge on any atom is 0.259 e. The molecule has 0 N–H and O–H groups in total. The Morgan fingerprint density at radius 2 is 2.00 bits per heavy atom. The van der Waals surface area contributed by atoms with Crippen molar-refractivity contribution in [3.05, 3.63) is 59.5 Å². The number of aromatic nitrogens is 3. The molecule has 0 amide bonds. The summed E-state index contributed by atoms with van der Waals surface area (Å²) in [6.45, 7) is 2.26. The van der Waals surface area contributed by atoms with Crippen molar-refractivity contribution in [3.8, 4) is 5.69 Å². The molecule has 0 aliphatic carbocycles. The predicted octanol–water partition coefficient (Wildman–Crippen LogP) is 1.27. The number of imidazole rings is 1. The molecule has 0 atom stereocenters. The number of aryl methyl sites for hydroxylation is 2. The van der Waals surface area contributed by atoms with E-state index in [0.29, 0.717) is 0 Å². The zero-order valence-corrected chi connectivity index (χ0v) is 18.6. The minimum absolute atomic E-state index is 0. The summed E-state index contributed by atoms with van der Waals surface area (Å²) in [5.41, 5.74) is 6.30. The Balaban J connectivity index is 0.00000146. The SMILES string of the molecule is Cc1[c]([AlH2])ccc2ccc3c(c12)-n1c(nc2cc[c-][n+](C)c21)C3.[Bk]. The van der Waals surface area contributed by atoms with Crippen molar-refractivity contribution < 1.29 is 4.57 Å². The van der Waals surface area contributed by atoms with Crippen LogP contribution in [-0.4, -0.2) is 25.8 Å². The van der Waals surface area contributed by atoms with Gasteiger partial charge in [0.15, 0.2) is 5.82 Å². The Morgan fingerprint density at radius 1 is 1.21 bits per heavy atom. The van der Waals surface area contributed by atoms with Crippen LogP contribution >= 0.6 is 0 Å². The molecule has 1 radical (unpaired) electrons. The van der Waals surface area contributed by atoms with E-state index in [0.717, 1.165) is 39.7 Å². The van der Waals surface area contributed by atoms with E-state index in [4.69, 9.17) is 4.98 Å². The first kappa shape index (κ1) is 14.4. The van der Waals surface area contributed by atoms with Gasteiger partial charge in [-0.2, -0.15) is 0 Å². The van der Waals surface area contributed by atoms with Crippen molar-refractivity contribution in [2.45, 2.75) is 13.3 Å². The summed E-state index contributed by atoms with van der Waals surface area (Å²) in [4.78, 5) is 4.86. The minimum atomic E-state index is 0. The van der Waals surface area contributed by atoms with Crippen LogP contribution in [0.4, 0.5) is 0 Å². The summed E-state index contributed by atoms with van der Waals surface area (Å²) in [5.74, 6) is 1.14. The average Bonchev–Trinajstić information content (AvgIpc) is 3.06. The normalized spacial score (nSPS) is 12.2. The van der Waals surface area contributed by atoms with E-state index in [-0.39, 0.29) is 0 Å². The number of fused-ring (bicyclic) bond motifs is 7. The van der Waals surface area contributed by atoms with Gasteiger partial charge in [-0.15, -0.1) is 16.6 Å². The van der Waals surface area contributed by atoms with Crippen LogP contribution < -0.4 is 8.99 Å². The van der Waals surface area contributed by atoms with E-state index in [1.165, 1.54) is 32.0 Å². The van der Waals surface area contributed by atoms with E-state index in [1.807, 2.05) is 13.1 Å². The first-order valence-electron chi connectivity index (χ1n) is 7.95. The van der Waals surface area contributed by atoms with Crippen LogP contribution in [0.1, 0.15) is 17.0 Å². The van der Waals surface area contributed by atoms with Gasteiger partial charge in [0.05, 0.1) is 13.5 Å². The third-order valence-corrected chi connectivity index (χ3v) is 6.20. The molecular formula is C19H16AlBkN3. The summed E-state index contributed by atoms with van der Waals surface area (Å²) in [5, 5.41) is 2.70. The van der Waals surface area contributed by atoms with Crippen LogP contribution in [0, 0.1) is 13.1 Å². The molecule has 4 aromatic rings. The number of hydrogen-bond acceptors (Lipinski definition) is 1. The van der Waals surface area contributed by atoms with E-state index in [9.17, 15) is 0 Å². The monoisotopic (exact) mass is 560 g/mol. The Morgan fingerprint density at radius 3 is 2.83 bits per heavy atom. The van der Waals surface area contributed by atoms with Crippen LogP contribution in [0.2, 0.25) is 0 Å². The number of nitrogens with zero attached hydrogens (tertiary/aromatic N) is 3.